The summed E-state index contributed by atoms with van der Waals surface area (Å²) in [6.45, 7) is 7.61. The molecular weight excluding hydrogens is 264 g/mol. The topological polar surface area (TPSA) is 43.4 Å². The monoisotopic (exact) mass is 292 g/mol. The van der Waals surface area contributed by atoms with Gasteiger partial charge >= 0.3 is 0 Å². The van der Waals surface area contributed by atoms with Gasteiger partial charge in [0, 0.05) is 24.9 Å². The Morgan fingerprint density at radius 1 is 1.33 bits per heavy atom. The van der Waals surface area contributed by atoms with Gasteiger partial charge in [0.25, 0.3) is 0 Å². The first kappa shape index (κ1) is 16.2. The number of rotatable bonds is 8. The number of nitrogens with zero attached hydrogens (tertiary/aromatic N) is 1. The Balaban J connectivity index is 1.96. The average Bonchev–Trinajstić information content (AvgIpc) is 2.52. The molecule has 0 aliphatic carbocycles. The molecule has 1 saturated heterocycles. The normalized spacial score (nSPS) is 18.7. The van der Waals surface area contributed by atoms with Crippen LogP contribution in [0.15, 0.2) is 12.1 Å². The van der Waals surface area contributed by atoms with Crippen LogP contribution in [0.4, 0.5) is 0 Å². The fraction of sp³-hybridized carbons (Fsp3) is 0.706. The molecular formula is C17H28N2O2. The van der Waals surface area contributed by atoms with Crippen molar-refractivity contribution in [3.05, 3.63) is 23.4 Å². The summed E-state index contributed by atoms with van der Waals surface area (Å²) < 4.78 is 11.6. The van der Waals surface area contributed by atoms with E-state index in [-0.39, 0.29) is 6.10 Å². The van der Waals surface area contributed by atoms with E-state index in [0.29, 0.717) is 6.61 Å². The lowest BCUT2D eigenvalue weighted by molar-refractivity contribution is -0.0120. The van der Waals surface area contributed by atoms with Crippen LogP contribution < -0.4 is 10.1 Å². The van der Waals surface area contributed by atoms with Crippen LogP contribution >= 0.6 is 0 Å². The number of aromatic nitrogens is 1. The van der Waals surface area contributed by atoms with Gasteiger partial charge in [-0.1, -0.05) is 20.3 Å². The van der Waals surface area contributed by atoms with Crippen molar-refractivity contribution >= 4 is 0 Å². The summed E-state index contributed by atoms with van der Waals surface area (Å²) in [5, 5.41) is 3.36. The molecule has 4 nitrogen and oxygen atoms in total. The minimum Gasteiger partial charge on any atom is -0.475 e. The van der Waals surface area contributed by atoms with E-state index < -0.39 is 0 Å². The molecule has 1 aliphatic rings. The quantitative estimate of drug-likeness (QED) is 0.799. The van der Waals surface area contributed by atoms with Gasteiger partial charge in [0.2, 0.25) is 5.88 Å². The van der Waals surface area contributed by atoms with Gasteiger partial charge in [-0.15, -0.1) is 0 Å². The summed E-state index contributed by atoms with van der Waals surface area (Å²) in [5.41, 5.74) is 2.36. The molecule has 1 aromatic rings. The second-order valence-electron chi connectivity index (χ2n) is 5.63. The Bertz CT molecular complexity index is 417. The van der Waals surface area contributed by atoms with Crippen molar-refractivity contribution < 1.29 is 9.47 Å². The van der Waals surface area contributed by atoms with E-state index in [0.717, 1.165) is 50.5 Å². The zero-order chi connectivity index (χ0) is 14.9. The van der Waals surface area contributed by atoms with Crippen molar-refractivity contribution in [1.82, 2.24) is 10.3 Å². The Kier molecular flexibility index (Phi) is 6.96. The molecule has 2 heterocycles. The van der Waals surface area contributed by atoms with Crippen molar-refractivity contribution in [2.75, 3.05) is 19.8 Å². The second-order valence-corrected chi connectivity index (χ2v) is 5.63. The van der Waals surface area contributed by atoms with Gasteiger partial charge in [-0.25, -0.2) is 4.98 Å². The first-order chi connectivity index (χ1) is 10.3. The number of ether oxygens (including phenoxy) is 2. The molecule has 2 rings (SSSR count). The van der Waals surface area contributed by atoms with E-state index in [1.807, 2.05) is 6.07 Å². The number of pyridine rings is 1. The van der Waals surface area contributed by atoms with Crippen LogP contribution in [0.25, 0.3) is 0 Å². The summed E-state index contributed by atoms with van der Waals surface area (Å²) in [6.07, 6.45) is 5.83. The molecule has 0 spiro atoms. The highest BCUT2D eigenvalue weighted by Crippen LogP contribution is 2.17. The van der Waals surface area contributed by atoms with Crippen LogP contribution in [-0.4, -0.2) is 30.8 Å². The fourth-order valence-electron chi connectivity index (χ4n) is 2.57. The van der Waals surface area contributed by atoms with Crippen LogP contribution in [0.2, 0.25) is 0 Å². The van der Waals surface area contributed by atoms with Crippen LogP contribution in [0.1, 0.15) is 50.8 Å². The zero-order valence-electron chi connectivity index (χ0n) is 13.4. The minimum absolute atomic E-state index is 0.229. The van der Waals surface area contributed by atoms with E-state index in [1.165, 1.54) is 18.4 Å². The zero-order valence-corrected chi connectivity index (χ0v) is 13.4. The Morgan fingerprint density at radius 3 is 2.95 bits per heavy atom. The number of nitrogens with one attached hydrogen (secondary N) is 1. The second kappa shape index (κ2) is 9.00. The summed E-state index contributed by atoms with van der Waals surface area (Å²) in [5.74, 6) is 0.739. The highest BCUT2D eigenvalue weighted by molar-refractivity contribution is 5.25. The molecule has 1 N–H and O–H groups in total. The predicted octanol–water partition coefficient (Wildman–Crippen LogP) is 3.09. The summed E-state index contributed by atoms with van der Waals surface area (Å²) >= 11 is 0. The Labute approximate surface area is 128 Å². The summed E-state index contributed by atoms with van der Waals surface area (Å²) in [6, 6.07) is 4.22. The molecule has 4 heteroatoms. The molecule has 1 aliphatic heterocycles. The third-order valence-electron chi connectivity index (χ3n) is 3.69. The third-order valence-corrected chi connectivity index (χ3v) is 3.69. The Hall–Kier alpha value is -1.13. The van der Waals surface area contributed by atoms with Gasteiger partial charge in [-0.3, -0.25) is 0 Å². The van der Waals surface area contributed by atoms with Crippen molar-refractivity contribution in [3.63, 3.8) is 0 Å². The maximum absolute atomic E-state index is 5.89. The van der Waals surface area contributed by atoms with Crippen molar-refractivity contribution in [2.24, 2.45) is 0 Å². The number of aryl methyl sites for hydroxylation is 1. The maximum atomic E-state index is 5.89. The molecule has 118 valence electrons. The van der Waals surface area contributed by atoms with Gasteiger partial charge in [0.1, 0.15) is 6.61 Å². The standard InChI is InChI=1S/C17H28N2O2/c1-3-7-15-10-14(12-18-4-2)11-17(19-15)21-13-16-8-5-6-9-20-16/h10-11,16,18H,3-9,12-13H2,1-2H3. The molecule has 0 amide bonds. The molecule has 0 saturated carbocycles. The number of hydrogen-bond acceptors (Lipinski definition) is 4. The first-order valence-electron chi connectivity index (χ1n) is 8.26. The molecule has 21 heavy (non-hydrogen) atoms. The highest BCUT2D eigenvalue weighted by Gasteiger charge is 2.15. The van der Waals surface area contributed by atoms with Crippen LogP contribution in [-0.2, 0) is 17.7 Å². The lowest BCUT2D eigenvalue weighted by Gasteiger charge is -2.22. The van der Waals surface area contributed by atoms with Crippen LogP contribution in [0, 0.1) is 0 Å². The molecule has 1 fully saturated rings. The van der Waals surface area contributed by atoms with Crippen molar-refractivity contribution in [2.45, 2.75) is 58.6 Å². The molecule has 1 unspecified atom stereocenters. The average molecular weight is 292 g/mol. The van der Waals surface area contributed by atoms with E-state index in [1.54, 1.807) is 0 Å². The largest absolute Gasteiger partial charge is 0.475 e. The molecule has 0 bridgehead atoms. The SMILES string of the molecule is CCCc1cc(CNCC)cc(OCC2CCCCO2)n1. The van der Waals surface area contributed by atoms with Crippen molar-refractivity contribution in [1.29, 1.82) is 0 Å². The predicted molar refractivity (Wildman–Crippen MR) is 84.7 cm³/mol. The van der Waals surface area contributed by atoms with Gasteiger partial charge in [-0.05, 0) is 43.9 Å². The fourth-order valence-corrected chi connectivity index (χ4v) is 2.57. The summed E-state index contributed by atoms with van der Waals surface area (Å²) in [4.78, 5) is 4.61. The number of hydrogen-bond donors (Lipinski definition) is 1. The lowest BCUT2D eigenvalue weighted by Crippen LogP contribution is -2.26. The molecule has 0 aromatic carbocycles. The van der Waals surface area contributed by atoms with E-state index >= 15 is 0 Å². The maximum Gasteiger partial charge on any atom is 0.213 e. The lowest BCUT2D eigenvalue weighted by atomic mass is 10.1. The minimum atomic E-state index is 0.229. The molecule has 1 aromatic heterocycles. The van der Waals surface area contributed by atoms with Gasteiger partial charge < -0.3 is 14.8 Å². The van der Waals surface area contributed by atoms with E-state index in [9.17, 15) is 0 Å². The van der Waals surface area contributed by atoms with E-state index in [2.05, 4.69) is 30.2 Å². The van der Waals surface area contributed by atoms with Gasteiger partial charge in [0.15, 0.2) is 0 Å². The van der Waals surface area contributed by atoms with Crippen LogP contribution in [0.3, 0.4) is 0 Å². The smallest absolute Gasteiger partial charge is 0.213 e. The van der Waals surface area contributed by atoms with Gasteiger partial charge in [-0.2, -0.15) is 0 Å². The van der Waals surface area contributed by atoms with Crippen LogP contribution in [0.5, 0.6) is 5.88 Å². The molecule has 0 radical (unpaired) electrons. The Morgan fingerprint density at radius 2 is 2.24 bits per heavy atom. The van der Waals surface area contributed by atoms with E-state index in [4.69, 9.17) is 9.47 Å². The van der Waals surface area contributed by atoms with Gasteiger partial charge in [0.05, 0.1) is 6.10 Å². The van der Waals surface area contributed by atoms with Crippen molar-refractivity contribution in [3.8, 4) is 5.88 Å². The summed E-state index contributed by atoms with van der Waals surface area (Å²) in [7, 11) is 0. The first-order valence-corrected chi connectivity index (χ1v) is 8.26. The third kappa shape index (κ3) is 5.64. The highest BCUT2D eigenvalue weighted by atomic mass is 16.5. The molecule has 1 atom stereocenters.